The Hall–Kier alpha value is -1.07. The number of amides is 1. The number of likely N-dealkylation sites (N-methyl/N-ethyl adjacent to an activating group) is 1. The average Bonchev–Trinajstić information content (AvgIpc) is 2.36. The highest BCUT2D eigenvalue weighted by Crippen LogP contribution is 2.23. The van der Waals surface area contributed by atoms with Crippen LogP contribution >= 0.6 is 15.9 Å². The zero-order valence-corrected chi connectivity index (χ0v) is 12.4. The van der Waals surface area contributed by atoms with Crippen LogP contribution in [0.5, 0.6) is 5.75 Å². The quantitative estimate of drug-likeness (QED) is 0.871. The molecule has 0 heterocycles. The van der Waals surface area contributed by atoms with Crippen LogP contribution in [-0.4, -0.2) is 38.1 Å². The minimum absolute atomic E-state index is 0.0754. The molecule has 5 heteroatoms. The van der Waals surface area contributed by atoms with Gasteiger partial charge in [-0.3, -0.25) is 4.79 Å². The van der Waals surface area contributed by atoms with Crippen molar-refractivity contribution in [3.05, 3.63) is 28.2 Å². The fourth-order valence-corrected chi connectivity index (χ4v) is 2.08. The molecule has 0 fully saturated rings. The molecule has 0 bridgehead atoms. The lowest BCUT2D eigenvalue weighted by atomic mass is 10.1. The summed E-state index contributed by atoms with van der Waals surface area (Å²) >= 11 is 3.43. The van der Waals surface area contributed by atoms with Gasteiger partial charge in [-0.1, -0.05) is 15.9 Å². The van der Waals surface area contributed by atoms with Crippen LogP contribution in [-0.2, 0) is 11.2 Å². The molecule has 18 heavy (non-hydrogen) atoms. The topological polar surface area (TPSA) is 55.6 Å². The summed E-state index contributed by atoms with van der Waals surface area (Å²) in [5.41, 5.74) is 6.45. The molecule has 0 radical (unpaired) electrons. The zero-order valence-electron chi connectivity index (χ0n) is 10.8. The van der Waals surface area contributed by atoms with Gasteiger partial charge in [-0.25, -0.2) is 0 Å². The number of methoxy groups -OCH3 is 1. The van der Waals surface area contributed by atoms with E-state index in [1.807, 2.05) is 18.2 Å². The Labute approximate surface area is 116 Å². The van der Waals surface area contributed by atoms with Gasteiger partial charge in [0.25, 0.3) is 0 Å². The van der Waals surface area contributed by atoms with Crippen molar-refractivity contribution in [3.63, 3.8) is 0 Å². The Morgan fingerprint density at radius 2 is 2.22 bits per heavy atom. The van der Waals surface area contributed by atoms with Gasteiger partial charge in [0.05, 0.1) is 7.11 Å². The van der Waals surface area contributed by atoms with Crippen LogP contribution in [0.25, 0.3) is 0 Å². The lowest BCUT2D eigenvalue weighted by molar-refractivity contribution is -0.129. The third-order valence-corrected chi connectivity index (χ3v) is 3.24. The molecular formula is C13H19BrN2O2. The summed E-state index contributed by atoms with van der Waals surface area (Å²) in [6, 6.07) is 5.87. The molecule has 2 N–H and O–H groups in total. The van der Waals surface area contributed by atoms with Crippen molar-refractivity contribution in [1.82, 2.24) is 4.90 Å². The fourth-order valence-electron chi connectivity index (χ4n) is 1.67. The van der Waals surface area contributed by atoms with Crippen LogP contribution in [0, 0.1) is 0 Å². The van der Waals surface area contributed by atoms with Gasteiger partial charge in [-0.2, -0.15) is 0 Å². The molecule has 0 aliphatic rings. The van der Waals surface area contributed by atoms with E-state index in [4.69, 9.17) is 10.5 Å². The third kappa shape index (κ3) is 4.31. The summed E-state index contributed by atoms with van der Waals surface area (Å²) in [6.07, 6.45) is 1.15. The molecule has 100 valence electrons. The second-order valence-corrected chi connectivity index (χ2v) is 4.98. The first-order valence-corrected chi connectivity index (χ1v) is 6.64. The van der Waals surface area contributed by atoms with Gasteiger partial charge in [0, 0.05) is 31.0 Å². The van der Waals surface area contributed by atoms with Gasteiger partial charge in [-0.05, 0) is 30.2 Å². The highest BCUT2D eigenvalue weighted by molar-refractivity contribution is 9.10. The maximum atomic E-state index is 11.6. The molecule has 1 aromatic rings. The van der Waals surface area contributed by atoms with Crippen molar-refractivity contribution in [2.24, 2.45) is 5.73 Å². The smallest absolute Gasteiger partial charge is 0.223 e. The second kappa shape index (κ2) is 7.38. The maximum Gasteiger partial charge on any atom is 0.223 e. The van der Waals surface area contributed by atoms with E-state index in [-0.39, 0.29) is 5.91 Å². The lowest BCUT2D eigenvalue weighted by Crippen LogP contribution is -2.30. The number of carbonyl (C=O) groups excluding carboxylic acids is 1. The number of nitrogens with two attached hydrogens (primary N) is 1. The molecule has 0 saturated heterocycles. The van der Waals surface area contributed by atoms with Gasteiger partial charge in [-0.15, -0.1) is 0 Å². The zero-order chi connectivity index (χ0) is 13.5. The van der Waals surface area contributed by atoms with Crippen LogP contribution in [0.2, 0.25) is 0 Å². The van der Waals surface area contributed by atoms with Crippen molar-refractivity contribution in [3.8, 4) is 5.75 Å². The molecule has 1 aromatic carbocycles. The summed E-state index contributed by atoms with van der Waals surface area (Å²) in [5, 5.41) is 0. The van der Waals surface area contributed by atoms with Gasteiger partial charge >= 0.3 is 0 Å². The van der Waals surface area contributed by atoms with E-state index in [0.29, 0.717) is 19.5 Å². The predicted molar refractivity (Wildman–Crippen MR) is 75.7 cm³/mol. The van der Waals surface area contributed by atoms with Crippen LogP contribution in [0.3, 0.4) is 0 Å². The molecule has 0 atom stereocenters. The van der Waals surface area contributed by atoms with Gasteiger partial charge in [0.2, 0.25) is 5.91 Å². The molecule has 4 nitrogen and oxygen atoms in total. The summed E-state index contributed by atoms with van der Waals surface area (Å²) in [7, 11) is 3.44. The van der Waals surface area contributed by atoms with Crippen LogP contribution < -0.4 is 10.5 Å². The van der Waals surface area contributed by atoms with Crippen LogP contribution in [0.4, 0.5) is 0 Å². The maximum absolute atomic E-state index is 11.6. The standard InChI is InChI=1S/C13H19BrN2O2/c1-16(13(17)5-7-15)8-6-10-9-11(14)3-4-12(10)18-2/h3-4,9H,5-8,15H2,1-2H3. The molecule has 1 amide bonds. The largest absolute Gasteiger partial charge is 0.496 e. The minimum atomic E-state index is 0.0754. The minimum Gasteiger partial charge on any atom is -0.496 e. The molecule has 0 aliphatic heterocycles. The number of ether oxygens (including phenoxy) is 1. The number of benzene rings is 1. The van der Waals surface area contributed by atoms with Gasteiger partial charge < -0.3 is 15.4 Å². The Morgan fingerprint density at radius 1 is 1.50 bits per heavy atom. The number of rotatable bonds is 6. The fraction of sp³-hybridized carbons (Fsp3) is 0.462. The normalized spacial score (nSPS) is 10.2. The predicted octanol–water partition coefficient (Wildman–Crippen LogP) is 1.81. The van der Waals surface area contributed by atoms with Gasteiger partial charge in [0.1, 0.15) is 5.75 Å². The SMILES string of the molecule is COc1ccc(Br)cc1CCN(C)C(=O)CCN. The Morgan fingerprint density at radius 3 is 2.83 bits per heavy atom. The lowest BCUT2D eigenvalue weighted by Gasteiger charge is -2.17. The van der Waals surface area contributed by atoms with Gasteiger partial charge in [0.15, 0.2) is 0 Å². The van der Waals surface area contributed by atoms with E-state index in [2.05, 4.69) is 15.9 Å². The van der Waals surface area contributed by atoms with Crippen molar-refractivity contribution < 1.29 is 9.53 Å². The molecule has 0 unspecified atom stereocenters. The molecule has 0 saturated carbocycles. The number of halogens is 1. The highest BCUT2D eigenvalue weighted by atomic mass is 79.9. The van der Waals surface area contributed by atoms with Crippen LogP contribution in [0.1, 0.15) is 12.0 Å². The third-order valence-electron chi connectivity index (χ3n) is 2.74. The summed E-state index contributed by atoms with van der Waals surface area (Å²) < 4.78 is 6.30. The first-order chi connectivity index (χ1) is 8.58. The number of hydrogen-bond acceptors (Lipinski definition) is 3. The number of nitrogens with zero attached hydrogens (tertiary/aromatic N) is 1. The molecule has 0 aromatic heterocycles. The Balaban J connectivity index is 2.62. The summed E-state index contributed by atoms with van der Waals surface area (Å²) in [6.45, 7) is 1.05. The van der Waals surface area contributed by atoms with E-state index in [1.165, 1.54) is 0 Å². The molecule has 0 aliphatic carbocycles. The van der Waals surface area contributed by atoms with Crippen molar-refractivity contribution >= 4 is 21.8 Å². The van der Waals surface area contributed by atoms with Crippen molar-refractivity contribution in [1.29, 1.82) is 0 Å². The first kappa shape index (κ1) is 15.0. The van der Waals surface area contributed by atoms with E-state index in [9.17, 15) is 4.79 Å². The number of hydrogen-bond donors (Lipinski definition) is 1. The number of carbonyl (C=O) groups is 1. The second-order valence-electron chi connectivity index (χ2n) is 4.06. The summed E-state index contributed by atoms with van der Waals surface area (Å²) in [5.74, 6) is 0.921. The average molecular weight is 315 g/mol. The molecule has 0 spiro atoms. The first-order valence-electron chi connectivity index (χ1n) is 5.85. The van der Waals surface area contributed by atoms with E-state index in [1.54, 1.807) is 19.1 Å². The monoisotopic (exact) mass is 314 g/mol. The highest BCUT2D eigenvalue weighted by Gasteiger charge is 2.09. The Kier molecular flexibility index (Phi) is 6.15. The van der Waals surface area contributed by atoms with E-state index >= 15 is 0 Å². The van der Waals surface area contributed by atoms with Crippen molar-refractivity contribution in [2.45, 2.75) is 12.8 Å². The molecular weight excluding hydrogens is 296 g/mol. The van der Waals surface area contributed by atoms with E-state index < -0.39 is 0 Å². The van der Waals surface area contributed by atoms with Crippen LogP contribution in [0.15, 0.2) is 22.7 Å². The summed E-state index contributed by atoms with van der Waals surface area (Å²) in [4.78, 5) is 13.3. The van der Waals surface area contributed by atoms with E-state index in [0.717, 1.165) is 22.2 Å². The van der Waals surface area contributed by atoms with Crippen molar-refractivity contribution in [2.75, 3.05) is 27.2 Å². The Bertz CT molecular complexity index is 410. The molecule has 1 rings (SSSR count).